The number of carbonyl (C=O) groups excluding carboxylic acids is 3. The number of aryl methyl sites for hydroxylation is 1. The van der Waals surface area contributed by atoms with Gasteiger partial charge in [-0.3, -0.25) is 19.7 Å². The summed E-state index contributed by atoms with van der Waals surface area (Å²) in [4.78, 5) is 54.9. The Labute approximate surface area is 274 Å². The summed E-state index contributed by atoms with van der Waals surface area (Å²) in [7, 11) is 0. The molecule has 3 amide bonds. The van der Waals surface area contributed by atoms with Gasteiger partial charge in [-0.05, 0) is 41.8 Å². The molecule has 1 saturated heterocycles. The van der Waals surface area contributed by atoms with E-state index in [1.807, 2.05) is 84.6 Å². The topological polar surface area (TPSA) is 128 Å². The predicted molar refractivity (Wildman–Crippen MR) is 179 cm³/mol. The molecule has 1 unspecified atom stereocenters. The zero-order valence-corrected chi connectivity index (χ0v) is 26.2. The third-order valence-corrected chi connectivity index (χ3v) is 8.04. The Bertz CT molecular complexity index is 1690. The molecule has 10 heteroatoms. The highest BCUT2D eigenvalue weighted by atomic mass is 16.5. The first-order valence-corrected chi connectivity index (χ1v) is 15.5. The van der Waals surface area contributed by atoms with Crippen molar-refractivity contribution in [1.29, 1.82) is 0 Å². The summed E-state index contributed by atoms with van der Waals surface area (Å²) in [5.41, 5.74) is 4.76. The van der Waals surface area contributed by atoms with E-state index in [0.717, 1.165) is 16.7 Å². The number of amides is 3. The SMILES string of the molecule is Cc1ccc(C(CC(=O)O)NC(=O)c2ccc(N3CCN(C(=O)Cc4ccccc4)CC3)c(NC(=O)OCc3ccccc3)c2)cc1. The molecule has 0 aliphatic carbocycles. The molecule has 0 aromatic heterocycles. The van der Waals surface area contributed by atoms with Gasteiger partial charge >= 0.3 is 12.1 Å². The van der Waals surface area contributed by atoms with E-state index in [0.29, 0.717) is 49.5 Å². The minimum absolute atomic E-state index is 0.0511. The predicted octanol–water partition coefficient (Wildman–Crippen LogP) is 5.58. The number of hydrogen-bond donors (Lipinski definition) is 3. The fraction of sp³-hybridized carbons (Fsp3) is 0.243. The van der Waals surface area contributed by atoms with Gasteiger partial charge in [0.25, 0.3) is 5.91 Å². The zero-order chi connectivity index (χ0) is 33.2. The number of nitrogens with one attached hydrogen (secondary N) is 2. The van der Waals surface area contributed by atoms with Gasteiger partial charge in [-0.15, -0.1) is 0 Å². The fourth-order valence-corrected chi connectivity index (χ4v) is 5.47. The lowest BCUT2D eigenvalue weighted by Gasteiger charge is -2.37. The summed E-state index contributed by atoms with van der Waals surface area (Å²) in [6.45, 7) is 4.04. The molecule has 47 heavy (non-hydrogen) atoms. The molecule has 5 rings (SSSR count). The van der Waals surface area contributed by atoms with Crippen LogP contribution in [0.1, 0.15) is 45.1 Å². The number of ether oxygens (including phenoxy) is 1. The van der Waals surface area contributed by atoms with Gasteiger partial charge < -0.3 is 25.0 Å². The first kappa shape index (κ1) is 32.7. The van der Waals surface area contributed by atoms with Crippen molar-refractivity contribution < 1.29 is 29.0 Å². The summed E-state index contributed by atoms with van der Waals surface area (Å²) in [5, 5.41) is 15.2. The van der Waals surface area contributed by atoms with Crippen LogP contribution in [-0.2, 0) is 27.4 Å². The van der Waals surface area contributed by atoms with E-state index in [2.05, 4.69) is 15.5 Å². The van der Waals surface area contributed by atoms with Crippen molar-refractivity contribution in [3.63, 3.8) is 0 Å². The second kappa shape index (κ2) is 15.6. The maximum Gasteiger partial charge on any atom is 0.412 e. The number of carboxylic acids is 1. The van der Waals surface area contributed by atoms with Crippen LogP contribution in [0.25, 0.3) is 0 Å². The molecule has 0 radical (unpaired) electrons. The maximum atomic E-state index is 13.5. The monoisotopic (exact) mass is 634 g/mol. The molecule has 1 aliphatic heterocycles. The second-order valence-electron chi connectivity index (χ2n) is 11.5. The molecule has 4 aromatic carbocycles. The van der Waals surface area contributed by atoms with Gasteiger partial charge in [0.05, 0.1) is 30.3 Å². The van der Waals surface area contributed by atoms with Crippen LogP contribution in [0.5, 0.6) is 0 Å². The number of aliphatic carboxylic acids is 1. The van der Waals surface area contributed by atoms with E-state index in [4.69, 9.17) is 4.74 Å². The number of nitrogens with zero attached hydrogens (tertiary/aromatic N) is 2. The largest absolute Gasteiger partial charge is 0.481 e. The van der Waals surface area contributed by atoms with Crippen LogP contribution in [0.2, 0.25) is 0 Å². The van der Waals surface area contributed by atoms with Crippen LogP contribution in [0.4, 0.5) is 16.2 Å². The third-order valence-electron chi connectivity index (χ3n) is 8.04. The van der Waals surface area contributed by atoms with Gasteiger partial charge in [0, 0.05) is 31.7 Å². The van der Waals surface area contributed by atoms with E-state index >= 15 is 0 Å². The minimum atomic E-state index is -1.05. The van der Waals surface area contributed by atoms with Crippen LogP contribution < -0.4 is 15.5 Å². The summed E-state index contributed by atoms with van der Waals surface area (Å²) in [5.74, 6) is -1.48. The number of carboxylic acid groups (broad SMARTS) is 1. The van der Waals surface area contributed by atoms with Crippen molar-refractivity contribution in [2.24, 2.45) is 0 Å². The third kappa shape index (κ3) is 9.20. The van der Waals surface area contributed by atoms with Crippen molar-refractivity contribution in [3.05, 3.63) is 131 Å². The van der Waals surface area contributed by atoms with Gasteiger partial charge in [0.15, 0.2) is 0 Å². The Morgan fingerprint density at radius 1 is 0.809 bits per heavy atom. The highest BCUT2D eigenvalue weighted by molar-refractivity contribution is 5.99. The van der Waals surface area contributed by atoms with E-state index in [-0.39, 0.29) is 24.5 Å². The Morgan fingerprint density at radius 2 is 1.45 bits per heavy atom. The molecule has 0 bridgehead atoms. The Morgan fingerprint density at radius 3 is 2.09 bits per heavy atom. The first-order chi connectivity index (χ1) is 22.7. The lowest BCUT2D eigenvalue weighted by molar-refractivity contribution is -0.137. The molecule has 0 spiro atoms. The van der Waals surface area contributed by atoms with Crippen LogP contribution in [0.15, 0.2) is 103 Å². The van der Waals surface area contributed by atoms with Gasteiger partial charge in [0.2, 0.25) is 5.91 Å². The second-order valence-corrected chi connectivity index (χ2v) is 11.5. The normalized spacial score (nSPS) is 13.4. The molecule has 1 fully saturated rings. The molecular formula is C37H38N4O6. The highest BCUT2D eigenvalue weighted by Gasteiger charge is 2.25. The summed E-state index contributed by atoms with van der Waals surface area (Å²) >= 11 is 0. The summed E-state index contributed by atoms with van der Waals surface area (Å²) in [6, 6.07) is 30.4. The van der Waals surface area contributed by atoms with Crippen LogP contribution in [-0.4, -0.2) is 60.1 Å². The van der Waals surface area contributed by atoms with Crippen LogP contribution in [0, 0.1) is 6.92 Å². The Kier molecular flexibility index (Phi) is 10.9. The van der Waals surface area contributed by atoms with Gasteiger partial charge in [0.1, 0.15) is 6.61 Å². The average molecular weight is 635 g/mol. The summed E-state index contributed by atoms with van der Waals surface area (Å²) < 4.78 is 5.47. The highest BCUT2D eigenvalue weighted by Crippen LogP contribution is 2.30. The Hall–Kier alpha value is -5.64. The van der Waals surface area contributed by atoms with E-state index in [9.17, 15) is 24.3 Å². The smallest absolute Gasteiger partial charge is 0.412 e. The number of piperazine rings is 1. The standard InChI is InChI=1S/C37H38N4O6/c1-26-12-14-29(15-13-26)31(24-35(43)44)38-36(45)30-16-17-33(32(23-30)39-37(46)47-25-28-10-6-3-7-11-28)40-18-20-41(21-19-40)34(42)22-27-8-4-2-5-9-27/h2-17,23,31H,18-22,24-25H2,1H3,(H,38,45)(H,39,46)(H,43,44). The van der Waals surface area contributed by atoms with E-state index in [1.54, 1.807) is 30.3 Å². The zero-order valence-electron chi connectivity index (χ0n) is 26.2. The van der Waals surface area contributed by atoms with E-state index in [1.165, 1.54) is 0 Å². The van der Waals surface area contributed by atoms with Crippen molar-refractivity contribution in [2.75, 3.05) is 36.4 Å². The Balaban J connectivity index is 1.32. The van der Waals surface area contributed by atoms with Gasteiger partial charge in [-0.2, -0.15) is 0 Å². The molecular weight excluding hydrogens is 596 g/mol. The van der Waals surface area contributed by atoms with Crippen LogP contribution in [0.3, 0.4) is 0 Å². The van der Waals surface area contributed by atoms with Crippen LogP contribution >= 0.6 is 0 Å². The summed E-state index contributed by atoms with van der Waals surface area (Å²) in [6.07, 6.45) is -0.652. The lowest BCUT2D eigenvalue weighted by atomic mass is 10.0. The van der Waals surface area contributed by atoms with Crippen molar-refractivity contribution in [3.8, 4) is 0 Å². The van der Waals surface area contributed by atoms with Crippen molar-refractivity contribution in [2.45, 2.75) is 32.4 Å². The number of carbonyl (C=O) groups is 4. The molecule has 1 atom stereocenters. The minimum Gasteiger partial charge on any atom is -0.481 e. The van der Waals surface area contributed by atoms with Gasteiger partial charge in [-0.1, -0.05) is 90.5 Å². The molecule has 3 N–H and O–H groups in total. The number of benzene rings is 4. The average Bonchev–Trinajstić information content (AvgIpc) is 3.08. The molecule has 242 valence electrons. The molecule has 10 nitrogen and oxygen atoms in total. The first-order valence-electron chi connectivity index (χ1n) is 15.5. The molecule has 0 saturated carbocycles. The number of hydrogen-bond acceptors (Lipinski definition) is 6. The lowest BCUT2D eigenvalue weighted by Crippen LogP contribution is -2.49. The number of anilines is 2. The van der Waals surface area contributed by atoms with Gasteiger partial charge in [-0.25, -0.2) is 4.79 Å². The molecule has 1 aliphatic rings. The fourth-order valence-electron chi connectivity index (χ4n) is 5.47. The maximum absolute atomic E-state index is 13.5. The molecule has 1 heterocycles. The van der Waals surface area contributed by atoms with Crippen molar-refractivity contribution >= 4 is 35.3 Å². The number of rotatable bonds is 11. The quantitative estimate of drug-likeness (QED) is 0.197. The molecule has 4 aromatic rings. The van der Waals surface area contributed by atoms with E-state index < -0.39 is 24.0 Å². The van der Waals surface area contributed by atoms with Crippen molar-refractivity contribution in [1.82, 2.24) is 10.2 Å².